The number of carboxylic acids is 1. The van der Waals surface area contributed by atoms with E-state index in [2.05, 4.69) is 27.2 Å². The fraction of sp³-hybridized carbons (Fsp3) is 0.111. The zero-order valence-electron chi connectivity index (χ0n) is 18.5. The van der Waals surface area contributed by atoms with Gasteiger partial charge in [-0.3, -0.25) is 14.5 Å². The topological polar surface area (TPSA) is 101 Å². The van der Waals surface area contributed by atoms with Gasteiger partial charge in [0.25, 0.3) is 0 Å². The minimum atomic E-state index is -0.963. The van der Waals surface area contributed by atoms with Gasteiger partial charge in [0.1, 0.15) is 5.69 Å². The molecule has 0 aliphatic heterocycles. The Kier molecular flexibility index (Phi) is 5.51. The Morgan fingerprint density at radius 2 is 1.71 bits per heavy atom. The van der Waals surface area contributed by atoms with Crippen molar-refractivity contribution in [1.82, 2.24) is 19.7 Å². The Hall–Kier alpha value is -4.52. The number of aromatic amines is 1. The van der Waals surface area contributed by atoms with E-state index in [1.54, 1.807) is 41.3 Å². The van der Waals surface area contributed by atoms with Crippen LogP contribution in [0.2, 0.25) is 0 Å². The number of pyridine rings is 1. The summed E-state index contributed by atoms with van der Waals surface area (Å²) in [5.74, 6) is -1.01. The number of rotatable bonds is 7. The highest BCUT2D eigenvalue weighted by Gasteiger charge is 2.15. The molecular weight excluding hydrogens is 428 g/mol. The normalized spacial score (nSPS) is 11.1. The molecule has 3 heterocycles. The van der Waals surface area contributed by atoms with Gasteiger partial charge in [-0.1, -0.05) is 18.2 Å². The first-order valence-electron chi connectivity index (χ1n) is 10.9. The van der Waals surface area contributed by atoms with Crippen molar-refractivity contribution in [2.75, 3.05) is 0 Å². The van der Waals surface area contributed by atoms with Crippen molar-refractivity contribution in [2.24, 2.45) is 7.05 Å². The Morgan fingerprint density at radius 3 is 2.44 bits per heavy atom. The maximum Gasteiger partial charge on any atom is 0.335 e. The second kappa shape index (κ2) is 8.78. The van der Waals surface area contributed by atoms with Gasteiger partial charge in [0.15, 0.2) is 5.78 Å². The van der Waals surface area contributed by atoms with Crippen molar-refractivity contribution in [2.45, 2.75) is 12.8 Å². The van der Waals surface area contributed by atoms with Gasteiger partial charge in [-0.05, 0) is 60.5 Å². The van der Waals surface area contributed by atoms with Gasteiger partial charge in [0.05, 0.1) is 11.3 Å². The number of aryl methyl sites for hydroxylation is 2. The summed E-state index contributed by atoms with van der Waals surface area (Å²) in [6, 6.07) is 20.6. The maximum absolute atomic E-state index is 12.8. The van der Waals surface area contributed by atoms with E-state index in [4.69, 9.17) is 5.11 Å². The van der Waals surface area contributed by atoms with Gasteiger partial charge in [-0.15, -0.1) is 0 Å². The summed E-state index contributed by atoms with van der Waals surface area (Å²) in [5, 5.41) is 14.5. The van der Waals surface area contributed by atoms with Crippen molar-refractivity contribution in [3.05, 3.63) is 95.9 Å². The average molecular weight is 450 g/mol. The summed E-state index contributed by atoms with van der Waals surface area (Å²) < 4.78 is 1.73. The molecule has 0 aliphatic carbocycles. The first kappa shape index (κ1) is 21.3. The molecule has 168 valence electrons. The second-order valence-corrected chi connectivity index (χ2v) is 8.18. The van der Waals surface area contributed by atoms with Crippen molar-refractivity contribution in [3.63, 3.8) is 0 Å². The van der Waals surface area contributed by atoms with Gasteiger partial charge in [-0.25, -0.2) is 4.79 Å². The highest BCUT2D eigenvalue weighted by atomic mass is 16.4. The van der Waals surface area contributed by atoms with E-state index in [0.717, 1.165) is 39.0 Å². The lowest BCUT2D eigenvalue weighted by Crippen LogP contribution is -2.03. The van der Waals surface area contributed by atoms with Gasteiger partial charge in [-0.2, -0.15) is 5.10 Å². The fourth-order valence-corrected chi connectivity index (χ4v) is 4.05. The third-order valence-electron chi connectivity index (χ3n) is 5.91. The van der Waals surface area contributed by atoms with Crippen LogP contribution < -0.4 is 0 Å². The number of aromatic nitrogens is 4. The molecule has 5 rings (SSSR count). The highest BCUT2D eigenvalue weighted by Crippen LogP contribution is 2.29. The van der Waals surface area contributed by atoms with Crippen LogP contribution in [0.3, 0.4) is 0 Å². The van der Waals surface area contributed by atoms with Gasteiger partial charge < -0.3 is 10.1 Å². The molecule has 0 radical (unpaired) electrons. The molecule has 5 aromatic rings. The minimum Gasteiger partial charge on any atom is -0.478 e. The number of carbonyl (C=O) groups is 2. The maximum atomic E-state index is 12.8. The number of hydrogen-bond donors (Lipinski definition) is 2. The molecule has 7 nitrogen and oxygen atoms in total. The molecule has 0 spiro atoms. The third-order valence-corrected chi connectivity index (χ3v) is 5.91. The summed E-state index contributed by atoms with van der Waals surface area (Å²) in [5.41, 5.74) is 6.53. The second-order valence-electron chi connectivity index (χ2n) is 8.18. The van der Waals surface area contributed by atoms with Crippen LogP contribution in [0.4, 0.5) is 0 Å². The number of carboxylic acid groups (broad SMARTS) is 1. The standard InChI is InChI=1S/C27H22N4O3/c1-31-25(16-24(30-31)26(32)9-4-17-2-5-19(6-3-17)27(33)34)20-7-8-22-21(14-20)15-23(29-22)18-10-12-28-13-11-18/h2-3,5-8,10-16,29H,4,9H2,1H3,(H,33,34). The molecule has 0 saturated carbocycles. The molecule has 2 N–H and O–H groups in total. The lowest BCUT2D eigenvalue weighted by molar-refractivity contribution is 0.0696. The molecular formula is C27H22N4O3. The molecule has 34 heavy (non-hydrogen) atoms. The van der Waals surface area contributed by atoms with Crippen molar-refractivity contribution < 1.29 is 14.7 Å². The molecule has 0 bridgehead atoms. The van der Waals surface area contributed by atoms with Crippen molar-refractivity contribution in [1.29, 1.82) is 0 Å². The molecule has 0 saturated heterocycles. The van der Waals surface area contributed by atoms with Crippen LogP contribution in [-0.2, 0) is 13.5 Å². The summed E-state index contributed by atoms with van der Waals surface area (Å²) in [4.78, 5) is 31.3. The van der Waals surface area contributed by atoms with Crippen LogP contribution in [0.1, 0.15) is 32.8 Å². The van der Waals surface area contributed by atoms with Crippen LogP contribution in [-0.4, -0.2) is 36.6 Å². The first-order chi connectivity index (χ1) is 16.5. The Morgan fingerprint density at radius 1 is 0.941 bits per heavy atom. The number of fused-ring (bicyclic) bond motifs is 1. The largest absolute Gasteiger partial charge is 0.478 e. The quantitative estimate of drug-likeness (QED) is 0.334. The fourth-order valence-electron chi connectivity index (χ4n) is 4.05. The van der Waals surface area contributed by atoms with Gasteiger partial charge >= 0.3 is 5.97 Å². The number of hydrogen-bond acceptors (Lipinski definition) is 4. The monoisotopic (exact) mass is 450 g/mol. The third kappa shape index (κ3) is 4.23. The van der Waals surface area contributed by atoms with Crippen LogP contribution in [0.15, 0.2) is 79.1 Å². The minimum absolute atomic E-state index is 0.0492. The average Bonchev–Trinajstić information content (AvgIpc) is 3.46. The molecule has 7 heteroatoms. The number of ketones is 1. The molecule has 3 aromatic heterocycles. The molecule has 0 atom stereocenters. The molecule has 0 fully saturated rings. The SMILES string of the molecule is Cn1nc(C(=O)CCc2ccc(C(=O)O)cc2)cc1-c1ccc2[nH]c(-c3ccncc3)cc2c1. The number of nitrogens with zero attached hydrogens (tertiary/aromatic N) is 3. The van der Waals surface area contributed by atoms with Crippen molar-refractivity contribution >= 4 is 22.7 Å². The van der Waals surface area contributed by atoms with E-state index in [1.807, 2.05) is 37.4 Å². The molecule has 0 amide bonds. The summed E-state index contributed by atoms with van der Waals surface area (Å²) in [7, 11) is 1.83. The molecule has 2 aromatic carbocycles. The first-order valence-corrected chi connectivity index (χ1v) is 10.9. The van der Waals surface area contributed by atoms with Gasteiger partial charge in [0.2, 0.25) is 0 Å². The predicted octanol–water partition coefficient (Wildman–Crippen LogP) is 5.14. The van der Waals surface area contributed by atoms with Crippen LogP contribution in [0.5, 0.6) is 0 Å². The Balaban J connectivity index is 1.34. The summed E-state index contributed by atoms with van der Waals surface area (Å²) in [6.45, 7) is 0. The van der Waals surface area contributed by atoms with E-state index < -0.39 is 5.97 Å². The Labute approximate surface area is 195 Å². The number of aromatic carboxylic acids is 1. The van der Waals surface area contributed by atoms with Gasteiger partial charge in [0, 0.05) is 53.6 Å². The van der Waals surface area contributed by atoms with Crippen LogP contribution in [0, 0.1) is 0 Å². The number of Topliss-reactive ketones (excluding diaryl/α,β-unsaturated/α-hetero) is 1. The van der Waals surface area contributed by atoms with Crippen LogP contribution >= 0.6 is 0 Å². The van der Waals surface area contributed by atoms with Crippen LogP contribution in [0.25, 0.3) is 33.4 Å². The zero-order valence-corrected chi connectivity index (χ0v) is 18.5. The number of benzene rings is 2. The highest BCUT2D eigenvalue weighted by molar-refractivity contribution is 5.96. The number of H-pyrrole nitrogens is 1. The van der Waals surface area contributed by atoms with E-state index in [0.29, 0.717) is 18.5 Å². The Bertz CT molecular complexity index is 1500. The summed E-state index contributed by atoms with van der Waals surface area (Å²) in [6.07, 6.45) is 4.36. The molecule has 0 unspecified atom stereocenters. The van der Waals surface area contributed by atoms with E-state index in [1.165, 1.54) is 0 Å². The predicted molar refractivity (Wildman–Crippen MR) is 130 cm³/mol. The zero-order chi connectivity index (χ0) is 23.7. The van der Waals surface area contributed by atoms with Crippen molar-refractivity contribution in [3.8, 4) is 22.5 Å². The lowest BCUT2D eigenvalue weighted by atomic mass is 10.0. The lowest BCUT2D eigenvalue weighted by Gasteiger charge is -2.01. The number of nitrogens with one attached hydrogen (secondary N) is 1. The van der Waals surface area contributed by atoms with E-state index in [-0.39, 0.29) is 11.3 Å². The number of carbonyl (C=O) groups excluding carboxylic acids is 1. The summed E-state index contributed by atoms with van der Waals surface area (Å²) >= 11 is 0. The molecule has 0 aliphatic rings. The van der Waals surface area contributed by atoms with E-state index in [9.17, 15) is 9.59 Å². The smallest absolute Gasteiger partial charge is 0.335 e. The van der Waals surface area contributed by atoms with E-state index >= 15 is 0 Å².